The summed E-state index contributed by atoms with van der Waals surface area (Å²) in [5.74, 6) is 0. The zero-order valence-electron chi connectivity index (χ0n) is 14.9. The van der Waals surface area contributed by atoms with Crippen molar-refractivity contribution >= 4 is 6.09 Å². The van der Waals surface area contributed by atoms with Crippen LogP contribution in [0.4, 0.5) is 4.79 Å². The summed E-state index contributed by atoms with van der Waals surface area (Å²) in [6.07, 6.45) is 0.516. The molecule has 130 valence electrons. The number of methoxy groups -OCH3 is 1. The van der Waals surface area contributed by atoms with Gasteiger partial charge in [-0.05, 0) is 39.7 Å². The average molecular weight is 322 g/mol. The molecule has 0 heterocycles. The van der Waals surface area contributed by atoms with Gasteiger partial charge in [0.25, 0.3) is 0 Å². The van der Waals surface area contributed by atoms with Crippen LogP contribution in [0.2, 0.25) is 0 Å². The average Bonchev–Trinajstić information content (AvgIpc) is 2.48. The van der Waals surface area contributed by atoms with E-state index < -0.39 is 11.7 Å². The highest BCUT2D eigenvalue weighted by atomic mass is 16.6. The molecule has 1 aromatic rings. The second kappa shape index (κ2) is 9.53. The smallest absolute Gasteiger partial charge is 0.408 e. The van der Waals surface area contributed by atoms with Gasteiger partial charge in [-0.3, -0.25) is 0 Å². The van der Waals surface area contributed by atoms with Gasteiger partial charge in [0.2, 0.25) is 0 Å². The number of hydrogen-bond acceptors (Lipinski definition) is 4. The number of benzene rings is 1. The number of nitrogens with one attached hydrogen (secondary N) is 2. The maximum absolute atomic E-state index is 12.1. The molecule has 0 bridgehead atoms. The molecule has 1 aromatic carbocycles. The highest BCUT2D eigenvalue weighted by molar-refractivity contribution is 5.68. The van der Waals surface area contributed by atoms with Crippen LogP contribution in [0.15, 0.2) is 30.3 Å². The first-order valence-corrected chi connectivity index (χ1v) is 8.08. The van der Waals surface area contributed by atoms with Crippen molar-refractivity contribution in [3.63, 3.8) is 0 Å². The first-order chi connectivity index (χ1) is 10.8. The lowest BCUT2D eigenvalue weighted by molar-refractivity contribution is 0.0502. The summed E-state index contributed by atoms with van der Waals surface area (Å²) in [5, 5.41) is 6.38. The number of hydrogen-bond donors (Lipinski definition) is 2. The Bertz CT molecular complexity index is 457. The summed E-state index contributed by atoms with van der Waals surface area (Å²) in [5.41, 5.74) is 0.537. The molecule has 0 saturated heterocycles. The minimum Gasteiger partial charge on any atom is -0.444 e. The molecule has 1 amide bonds. The minimum atomic E-state index is -0.509. The summed E-state index contributed by atoms with van der Waals surface area (Å²) in [4.78, 5) is 12.1. The zero-order valence-corrected chi connectivity index (χ0v) is 14.9. The van der Waals surface area contributed by atoms with Gasteiger partial charge in [-0.25, -0.2) is 4.79 Å². The molecule has 2 N–H and O–H groups in total. The van der Waals surface area contributed by atoms with Crippen molar-refractivity contribution < 1.29 is 14.3 Å². The summed E-state index contributed by atoms with van der Waals surface area (Å²) in [6.45, 7) is 9.02. The lowest BCUT2D eigenvalue weighted by atomic mass is 10.1. The standard InChI is InChI=1S/C18H30N2O3/c1-14(11-12-22-5)19-13-16(15-9-7-6-8-10-15)20-17(21)23-18(2,3)4/h6-10,14,16,19H,11-13H2,1-5H3,(H,20,21). The van der Waals surface area contributed by atoms with Crippen LogP contribution in [-0.2, 0) is 9.47 Å². The van der Waals surface area contributed by atoms with Crippen molar-refractivity contribution in [1.29, 1.82) is 0 Å². The lowest BCUT2D eigenvalue weighted by Gasteiger charge is -2.25. The van der Waals surface area contributed by atoms with Crippen LogP contribution in [0.5, 0.6) is 0 Å². The number of ether oxygens (including phenoxy) is 2. The summed E-state index contributed by atoms with van der Waals surface area (Å²) < 4.78 is 10.5. The van der Waals surface area contributed by atoms with Gasteiger partial charge in [0.1, 0.15) is 5.60 Å². The van der Waals surface area contributed by atoms with E-state index in [1.807, 2.05) is 51.1 Å². The highest BCUT2D eigenvalue weighted by Crippen LogP contribution is 2.14. The highest BCUT2D eigenvalue weighted by Gasteiger charge is 2.20. The van der Waals surface area contributed by atoms with Crippen molar-refractivity contribution in [3.8, 4) is 0 Å². The Morgan fingerprint density at radius 1 is 1.22 bits per heavy atom. The first kappa shape index (κ1) is 19.5. The largest absolute Gasteiger partial charge is 0.444 e. The molecule has 2 unspecified atom stereocenters. The summed E-state index contributed by atoms with van der Waals surface area (Å²) in [7, 11) is 1.70. The summed E-state index contributed by atoms with van der Waals surface area (Å²) in [6, 6.07) is 10.1. The SMILES string of the molecule is COCCC(C)NCC(NC(=O)OC(C)(C)C)c1ccccc1. The van der Waals surface area contributed by atoms with E-state index in [4.69, 9.17) is 9.47 Å². The molecule has 5 nitrogen and oxygen atoms in total. The van der Waals surface area contributed by atoms with E-state index in [0.29, 0.717) is 19.2 Å². The fraction of sp³-hybridized carbons (Fsp3) is 0.611. The van der Waals surface area contributed by atoms with E-state index in [1.165, 1.54) is 0 Å². The number of rotatable bonds is 8. The Labute approximate surface area is 139 Å². The molecule has 0 spiro atoms. The van der Waals surface area contributed by atoms with Gasteiger partial charge in [-0.1, -0.05) is 30.3 Å². The second-order valence-electron chi connectivity index (χ2n) is 6.70. The van der Waals surface area contributed by atoms with Crippen molar-refractivity contribution in [3.05, 3.63) is 35.9 Å². The van der Waals surface area contributed by atoms with Gasteiger partial charge in [0, 0.05) is 26.3 Å². The fourth-order valence-electron chi connectivity index (χ4n) is 2.10. The fourth-order valence-corrected chi connectivity index (χ4v) is 2.10. The van der Waals surface area contributed by atoms with Crippen molar-refractivity contribution in [2.75, 3.05) is 20.3 Å². The van der Waals surface area contributed by atoms with E-state index in [-0.39, 0.29) is 6.04 Å². The number of carbonyl (C=O) groups is 1. The molecule has 5 heteroatoms. The molecule has 0 aliphatic carbocycles. The molecule has 0 radical (unpaired) electrons. The van der Waals surface area contributed by atoms with Crippen LogP contribution in [0.25, 0.3) is 0 Å². The van der Waals surface area contributed by atoms with E-state index in [9.17, 15) is 4.79 Å². The van der Waals surface area contributed by atoms with Crippen LogP contribution in [0.3, 0.4) is 0 Å². The molecule has 0 saturated carbocycles. The Balaban J connectivity index is 2.65. The third-order valence-electron chi connectivity index (χ3n) is 3.32. The van der Waals surface area contributed by atoms with Gasteiger partial charge < -0.3 is 20.1 Å². The topological polar surface area (TPSA) is 59.6 Å². The van der Waals surface area contributed by atoms with E-state index in [2.05, 4.69) is 17.6 Å². The van der Waals surface area contributed by atoms with E-state index in [1.54, 1.807) is 7.11 Å². The molecule has 2 atom stereocenters. The van der Waals surface area contributed by atoms with Crippen molar-refractivity contribution in [2.45, 2.75) is 51.8 Å². The monoisotopic (exact) mass is 322 g/mol. The predicted molar refractivity (Wildman–Crippen MR) is 92.5 cm³/mol. The van der Waals surface area contributed by atoms with Crippen LogP contribution in [0.1, 0.15) is 45.7 Å². The van der Waals surface area contributed by atoms with Crippen molar-refractivity contribution in [1.82, 2.24) is 10.6 Å². The molecule has 0 fully saturated rings. The van der Waals surface area contributed by atoms with Gasteiger partial charge in [0.05, 0.1) is 6.04 Å². The van der Waals surface area contributed by atoms with Crippen molar-refractivity contribution in [2.24, 2.45) is 0 Å². The van der Waals surface area contributed by atoms with Gasteiger partial charge in [0.15, 0.2) is 0 Å². The van der Waals surface area contributed by atoms with Crippen LogP contribution in [-0.4, -0.2) is 38.0 Å². The number of amides is 1. The minimum absolute atomic E-state index is 0.143. The number of alkyl carbamates (subject to hydrolysis) is 1. The Morgan fingerprint density at radius 3 is 2.43 bits per heavy atom. The van der Waals surface area contributed by atoms with Crippen LogP contribution < -0.4 is 10.6 Å². The molecule has 1 rings (SSSR count). The lowest BCUT2D eigenvalue weighted by Crippen LogP contribution is -2.41. The van der Waals surface area contributed by atoms with Gasteiger partial charge in [-0.15, -0.1) is 0 Å². The maximum atomic E-state index is 12.1. The molecular weight excluding hydrogens is 292 g/mol. The quantitative estimate of drug-likeness (QED) is 0.771. The van der Waals surface area contributed by atoms with Gasteiger partial charge in [-0.2, -0.15) is 0 Å². The normalized spacial score (nSPS) is 14.1. The molecule has 23 heavy (non-hydrogen) atoms. The molecule has 0 aliphatic rings. The zero-order chi connectivity index (χ0) is 17.3. The van der Waals surface area contributed by atoms with E-state index >= 15 is 0 Å². The maximum Gasteiger partial charge on any atom is 0.408 e. The summed E-state index contributed by atoms with van der Waals surface area (Å²) >= 11 is 0. The predicted octanol–water partition coefficient (Wildman–Crippen LogP) is 3.27. The Hall–Kier alpha value is -1.59. The Kier molecular flexibility index (Phi) is 8.06. The van der Waals surface area contributed by atoms with Gasteiger partial charge >= 0.3 is 6.09 Å². The Morgan fingerprint density at radius 2 is 1.87 bits per heavy atom. The molecular formula is C18H30N2O3. The number of carbonyl (C=O) groups excluding carboxylic acids is 1. The van der Waals surface area contributed by atoms with Crippen LogP contribution in [0, 0.1) is 0 Å². The molecule has 0 aliphatic heterocycles. The second-order valence-corrected chi connectivity index (χ2v) is 6.70. The molecule has 0 aromatic heterocycles. The third kappa shape index (κ3) is 8.57. The third-order valence-corrected chi connectivity index (χ3v) is 3.32. The first-order valence-electron chi connectivity index (χ1n) is 8.08. The van der Waals surface area contributed by atoms with Crippen LogP contribution >= 0.6 is 0 Å². The van der Waals surface area contributed by atoms with E-state index in [0.717, 1.165) is 12.0 Å².